The Morgan fingerprint density at radius 2 is 1.71 bits per heavy atom. The van der Waals surface area contributed by atoms with E-state index in [9.17, 15) is 22.4 Å². The zero-order valence-electron chi connectivity index (χ0n) is 12.9. The number of nitrogens with one attached hydrogen (secondary N) is 1. The van der Waals surface area contributed by atoms with Gasteiger partial charge < -0.3 is 5.32 Å². The van der Waals surface area contributed by atoms with E-state index in [-0.39, 0.29) is 18.8 Å². The van der Waals surface area contributed by atoms with E-state index in [0.29, 0.717) is 5.56 Å². The SMILES string of the molecule is CN(CC(=O)Nc1ccccc1C(F)(F)F)Cc1ccccc1F. The number of carbonyl (C=O) groups is 1. The summed E-state index contributed by atoms with van der Waals surface area (Å²) < 4.78 is 52.2. The molecule has 0 spiro atoms. The molecule has 0 aromatic heterocycles. The lowest BCUT2D eigenvalue weighted by Gasteiger charge is -2.18. The molecular formula is C17H16F4N2O. The molecule has 0 bridgehead atoms. The molecule has 2 rings (SSSR count). The minimum atomic E-state index is -4.55. The van der Waals surface area contributed by atoms with Crippen LogP contribution in [0.4, 0.5) is 23.2 Å². The second kappa shape index (κ2) is 7.44. The predicted molar refractivity (Wildman–Crippen MR) is 82.8 cm³/mol. The van der Waals surface area contributed by atoms with E-state index in [1.807, 2.05) is 0 Å². The number of hydrogen-bond donors (Lipinski definition) is 1. The van der Waals surface area contributed by atoms with Crippen LogP contribution in [0.5, 0.6) is 0 Å². The average Bonchev–Trinajstić information content (AvgIpc) is 2.49. The van der Waals surface area contributed by atoms with Crippen molar-refractivity contribution in [3.8, 4) is 0 Å². The third-order valence-corrected chi connectivity index (χ3v) is 3.32. The fourth-order valence-corrected chi connectivity index (χ4v) is 2.25. The topological polar surface area (TPSA) is 32.3 Å². The first-order valence-electron chi connectivity index (χ1n) is 7.15. The Morgan fingerprint density at radius 1 is 1.08 bits per heavy atom. The molecule has 0 radical (unpaired) electrons. The standard InChI is InChI=1S/C17H16F4N2O/c1-23(10-12-6-2-4-8-14(12)18)11-16(24)22-15-9-5-3-7-13(15)17(19,20)21/h2-9H,10-11H2,1H3,(H,22,24). The van der Waals surface area contributed by atoms with Crippen molar-refractivity contribution in [2.75, 3.05) is 18.9 Å². The van der Waals surface area contributed by atoms with Gasteiger partial charge >= 0.3 is 6.18 Å². The van der Waals surface area contributed by atoms with Crippen molar-refractivity contribution in [1.29, 1.82) is 0 Å². The van der Waals surface area contributed by atoms with Gasteiger partial charge in [0.2, 0.25) is 5.91 Å². The lowest BCUT2D eigenvalue weighted by molar-refractivity contribution is -0.137. The van der Waals surface area contributed by atoms with Gasteiger partial charge in [-0.3, -0.25) is 9.69 Å². The summed E-state index contributed by atoms with van der Waals surface area (Å²) in [7, 11) is 1.59. The fraction of sp³-hybridized carbons (Fsp3) is 0.235. The van der Waals surface area contributed by atoms with Crippen LogP contribution < -0.4 is 5.32 Å². The zero-order valence-corrected chi connectivity index (χ0v) is 12.9. The monoisotopic (exact) mass is 340 g/mol. The van der Waals surface area contributed by atoms with E-state index >= 15 is 0 Å². The number of alkyl halides is 3. The maximum absolute atomic E-state index is 13.6. The average molecular weight is 340 g/mol. The maximum atomic E-state index is 13.6. The lowest BCUT2D eigenvalue weighted by Crippen LogP contribution is -2.30. The molecule has 0 aliphatic carbocycles. The summed E-state index contributed by atoms with van der Waals surface area (Å²) in [5.74, 6) is -1.00. The molecule has 2 aromatic rings. The molecule has 128 valence electrons. The summed E-state index contributed by atoms with van der Waals surface area (Å²) in [5, 5.41) is 2.25. The number of rotatable bonds is 5. The van der Waals surface area contributed by atoms with Gasteiger partial charge in [0.25, 0.3) is 0 Å². The second-order valence-corrected chi connectivity index (χ2v) is 5.36. The Morgan fingerprint density at radius 3 is 2.38 bits per heavy atom. The molecule has 0 aliphatic heterocycles. The molecule has 0 unspecified atom stereocenters. The van der Waals surface area contributed by atoms with Gasteiger partial charge in [0.1, 0.15) is 5.82 Å². The molecule has 2 aromatic carbocycles. The van der Waals surface area contributed by atoms with Crippen LogP contribution >= 0.6 is 0 Å². The van der Waals surface area contributed by atoms with Crippen molar-refractivity contribution < 1.29 is 22.4 Å². The van der Waals surface area contributed by atoms with Crippen molar-refractivity contribution in [3.63, 3.8) is 0 Å². The van der Waals surface area contributed by atoms with Crippen LogP contribution in [0.2, 0.25) is 0 Å². The number of benzene rings is 2. The van der Waals surface area contributed by atoms with Crippen molar-refractivity contribution in [2.45, 2.75) is 12.7 Å². The Bertz CT molecular complexity index is 716. The third kappa shape index (κ3) is 4.79. The van der Waals surface area contributed by atoms with E-state index in [0.717, 1.165) is 6.07 Å². The smallest absolute Gasteiger partial charge is 0.324 e. The molecule has 0 fully saturated rings. The summed E-state index contributed by atoms with van der Waals surface area (Å²) >= 11 is 0. The summed E-state index contributed by atoms with van der Waals surface area (Å²) in [6, 6.07) is 10.9. The highest BCUT2D eigenvalue weighted by atomic mass is 19.4. The van der Waals surface area contributed by atoms with Crippen LogP contribution in [0.25, 0.3) is 0 Å². The molecule has 0 atom stereocenters. The molecule has 0 aliphatic rings. The largest absolute Gasteiger partial charge is 0.418 e. The number of amides is 1. The number of anilines is 1. The molecule has 7 heteroatoms. The van der Waals surface area contributed by atoms with Gasteiger partial charge in [0.05, 0.1) is 17.8 Å². The number of nitrogens with zero attached hydrogens (tertiary/aromatic N) is 1. The van der Waals surface area contributed by atoms with Crippen LogP contribution in [0.1, 0.15) is 11.1 Å². The van der Waals surface area contributed by atoms with Gasteiger partial charge in [0.15, 0.2) is 0 Å². The van der Waals surface area contributed by atoms with Crippen molar-refractivity contribution in [3.05, 3.63) is 65.5 Å². The van der Waals surface area contributed by atoms with Crippen LogP contribution in [-0.2, 0) is 17.5 Å². The first-order valence-corrected chi connectivity index (χ1v) is 7.15. The molecule has 1 N–H and O–H groups in total. The second-order valence-electron chi connectivity index (χ2n) is 5.36. The van der Waals surface area contributed by atoms with Gasteiger partial charge in [-0.1, -0.05) is 30.3 Å². The summed E-state index contributed by atoms with van der Waals surface area (Å²) in [6.45, 7) is 0.00152. The molecule has 0 heterocycles. The predicted octanol–water partition coefficient (Wildman–Crippen LogP) is 3.92. The Kier molecular flexibility index (Phi) is 5.56. The Hall–Kier alpha value is -2.41. The molecule has 24 heavy (non-hydrogen) atoms. The number of likely N-dealkylation sites (N-methyl/N-ethyl adjacent to an activating group) is 1. The maximum Gasteiger partial charge on any atom is 0.418 e. The molecule has 3 nitrogen and oxygen atoms in total. The van der Waals surface area contributed by atoms with Gasteiger partial charge in [-0.15, -0.1) is 0 Å². The highest BCUT2D eigenvalue weighted by Crippen LogP contribution is 2.34. The molecule has 1 amide bonds. The van der Waals surface area contributed by atoms with E-state index in [2.05, 4.69) is 5.32 Å². The van der Waals surface area contributed by atoms with Crippen molar-refractivity contribution in [1.82, 2.24) is 4.90 Å². The minimum Gasteiger partial charge on any atom is -0.324 e. The third-order valence-electron chi connectivity index (χ3n) is 3.32. The van der Waals surface area contributed by atoms with E-state index in [4.69, 9.17) is 0 Å². The lowest BCUT2D eigenvalue weighted by atomic mass is 10.1. The van der Waals surface area contributed by atoms with Crippen molar-refractivity contribution in [2.24, 2.45) is 0 Å². The number of para-hydroxylation sites is 1. The Labute approximate surface area is 136 Å². The van der Waals surface area contributed by atoms with Crippen LogP contribution in [0, 0.1) is 5.82 Å². The number of halogens is 4. The van der Waals surface area contributed by atoms with Crippen LogP contribution in [-0.4, -0.2) is 24.4 Å². The first-order chi connectivity index (χ1) is 11.3. The summed E-state index contributed by atoms with van der Waals surface area (Å²) in [6.07, 6.45) is -4.55. The minimum absolute atomic E-state index is 0.166. The first kappa shape index (κ1) is 17.9. The molecular weight excluding hydrogens is 324 g/mol. The fourth-order valence-electron chi connectivity index (χ4n) is 2.25. The van der Waals surface area contributed by atoms with E-state index in [1.54, 1.807) is 25.2 Å². The summed E-state index contributed by atoms with van der Waals surface area (Å²) in [4.78, 5) is 13.5. The Balaban J connectivity index is 2.00. The van der Waals surface area contributed by atoms with Gasteiger partial charge in [-0.2, -0.15) is 13.2 Å². The van der Waals surface area contributed by atoms with E-state index < -0.39 is 23.5 Å². The van der Waals surface area contributed by atoms with Crippen LogP contribution in [0.3, 0.4) is 0 Å². The highest BCUT2D eigenvalue weighted by molar-refractivity contribution is 5.93. The number of hydrogen-bond acceptors (Lipinski definition) is 2. The number of carbonyl (C=O) groups excluding carboxylic acids is 1. The normalized spacial score (nSPS) is 11.6. The molecule has 0 saturated carbocycles. The van der Waals surface area contributed by atoms with Gasteiger partial charge in [0, 0.05) is 12.1 Å². The molecule has 0 saturated heterocycles. The highest BCUT2D eigenvalue weighted by Gasteiger charge is 2.33. The van der Waals surface area contributed by atoms with Gasteiger partial charge in [-0.25, -0.2) is 4.39 Å². The van der Waals surface area contributed by atoms with Gasteiger partial charge in [-0.05, 0) is 25.2 Å². The summed E-state index contributed by atoms with van der Waals surface area (Å²) in [5.41, 5.74) is -0.798. The quantitative estimate of drug-likeness (QED) is 0.837. The zero-order chi connectivity index (χ0) is 17.7. The van der Waals surface area contributed by atoms with E-state index in [1.165, 1.54) is 29.2 Å². The van der Waals surface area contributed by atoms with Crippen LogP contribution in [0.15, 0.2) is 48.5 Å². The van der Waals surface area contributed by atoms with Crippen molar-refractivity contribution >= 4 is 11.6 Å².